The van der Waals surface area contributed by atoms with Crippen molar-refractivity contribution in [2.24, 2.45) is 7.05 Å². The summed E-state index contributed by atoms with van der Waals surface area (Å²) in [5.41, 5.74) is 7.72. The fourth-order valence-corrected chi connectivity index (χ4v) is 5.22. The summed E-state index contributed by atoms with van der Waals surface area (Å²) in [7, 11) is 2.16. The molecule has 0 spiro atoms. The topological polar surface area (TPSA) is 51.9 Å². The Morgan fingerprint density at radius 1 is 1.10 bits per heavy atom. The van der Waals surface area contributed by atoms with Gasteiger partial charge in [0.15, 0.2) is 0 Å². The Kier molecular flexibility index (Phi) is 4.59. The molecule has 0 aliphatic carbocycles. The van der Waals surface area contributed by atoms with Crippen LogP contribution in [-0.4, -0.2) is 20.2 Å². The molecular weight excluding hydrogens is 384 g/mol. The van der Waals surface area contributed by atoms with Crippen LogP contribution in [0.2, 0.25) is 0 Å². The van der Waals surface area contributed by atoms with Gasteiger partial charge >= 0.3 is 0 Å². The lowest BCUT2D eigenvalue weighted by atomic mass is 9.99. The number of pyridine rings is 2. The summed E-state index contributed by atoms with van der Waals surface area (Å²) < 4.78 is 4.05. The van der Waals surface area contributed by atoms with Crippen molar-refractivity contribution in [1.82, 2.24) is 19.4 Å². The van der Waals surface area contributed by atoms with Crippen LogP contribution in [0.4, 0.5) is 0 Å². The molecule has 1 saturated heterocycles. The first-order valence-corrected chi connectivity index (χ1v) is 10.6. The van der Waals surface area contributed by atoms with Crippen molar-refractivity contribution >= 4 is 10.9 Å². The number of aromatic nitrogens is 3. The highest BCUT2D eigenvalue weighted by molar-refractivity contribution is 5.88. The van der Waals surface area contributed by atoms with E-state index < -0.39 is 0 Å². The van der Waals surface area contributed by atoms with Gasteiger partial charge in [0.05, 0.1) is 16.9 Å². The van der Waals surface area contributed by atoms with Crippen LogP contribution in [0.3, 0.4) is 0 Å². The van der Waals surface area contributed by atoms with Crippen LogP contribution in [-0.2, 0) is 13.5 Å². The van der Waals surface area contributed by atoms with Crippen molar-refractivity contribution < 1.29 is 0 Å². The first-order chi connectivity index (χ1) is 14.6. The second kappa shape index (κ2) is 7.20. The Hall–Kier alpha value is -3.18. The highest BCUT2D eigenvalue weighted by Gasteiger charge is 2.35. The summed E-state index contributed by atoms with van der Waals surface area (Å²) in [5, 5.41) is 5.07. The zero-order valence-corrected chi connectivity index (χ0v) is 17.2. The number of hydrogen-bond donors (Lipinski definition) is 1. The third kappa shape index (κ3) is 3.03. The van der Waals surface area contributed by atoms with Gasteiger partial charge in [-0.3, -0.25) is 14.3 Å². The summed E-state index contributed by atoms with van der Waals surface area (Å²) in [6.07, 6.45) is 7.24. The number of hydrogen-bond acceptors (Lipinski definition) is 3. The summed E-state index contributed by atoms with van der Waals surface area (Å²) >= 11 is 0. The van der Waals surface area contributed by atoms with Crippen LogP contribution in [0, 0.1) is 6.92 Å². The third-order valence-electron chi connectivity index (χ3n) is 6.78. The Morgan fingerprint density at radius 3 is 2.74 bits per heavy atom. The average Bonchev–Trinajstić information content (AvgIpc) is 3.27. The molecule has 1 fully saturated rings. The normalized spacial score (nSPS) is 19.3. The highest BCUT2D eigenvalue weighted by atomic mass is 16.1. The van der Waals surface area contributed by atoms with E-state index >= 15 is 0 Å². The van der Waals surface area contributed by atoms with Crippen molar-refractivity contribution in [2.75, 3.05) is 0 Å². The molecule has 2 atom stereocenters. The molecule has 0 saturated carbocycles. The minimum atomic E-state index is -0.0473. The van der Waals surface area contributed by atoms with Crippen molar-refractivity contribution in [2.45, 2.75) is 45.7 Å². The zero-order valence-electron chi connectivity index (χ0n) is 17.2. The predicted molar refractivity (Wildman–Crippen MR) is 126 cm³/mol. The molecule has 31 heavy (non-hydrogen) atoms. The van der Waals surface area contributed by atoms with E-state index in [-0.39, 0.29) is 13.0 Å². The zero-order chi connectivity index (χ0) is 20.4. The van der Waals surface area contributed by atoms with E-state index in [0.29, 0.717) is 12.1 Å². The van der Waals surface area contributed by atoms with E-state index in [1.165, 1.54) is 35.0 Å². The lowest BCUT2D eigenvalue weighted by Gasteiger charge is -2.23. The van der Waals surface area contributed by atoms with E-state index in [0.717, 1.165) is 28.9 Å². The maximum atomic E-state index is 12.9. The second-order valence-corrected chi connectivity index (χ2v) is 8.66. The minimum absolute atomic E-state index is 0. The molecule has 2 bridgehead atoms. The molecule has 6 rings (SSSR count). The van der Waals surface area contributed by atoms with Crippen LogP contribution in [0.15, 0.2) is 59.7 Å². The first kappa shape index (κ1) is 19.8. The van der Waals surface area contributed by atoms with Crippen LogP contribution in [0.25, 0.3) is 27.8 Å². The Labute approximate surface area is 182 Å². The van der Waals surface area contributed by atoms with Gasteiger partial charge in [-0.1, -0.05) is 19.6 Å². The van der Waals surface area contributed by atoms with Crippen LogP contribution >= 0.6 is 0 Å². The second-order valence-electron chi connectivity index (χ2n) is 8.66. The molecule has 158 valence electrons. The summed E-state index contributed by atoms with van der Waals surface area (Å²) in [6.45, 7) is 2.01. The maximum Gasteiger partial charge on any atom is 0.255 e. The molecule has 0 radical (unpaired) electrons. The van der Waals surface area contributed by atoms with E-state index in [4.69, 9.17) is 0 Å². The molecule has 2 aliphatic rings. The van der Waals surface area contributed by atoms with E-state index in [1.807, 2.05) is 37.5 Å². The largest absolute Gasteiger partial charge is 0.347 e. The average molecular weight is 413 g/mol. The molecule has 1 N–H and O–H groups in total. The quantitative estimate of drug-likeness (QED) is 0.520. The number of rotatable bonds is 2. The predicted octanol–water partition coefficient (Wildman–Crippen LogP) is 4.68. The Balaban J connectivity index is 0.00000204. The van der Waals surface area contributed by atoms with E-state index in [2.05, 4.69) is 40.1 Å². The highest BCUT2D eigenvalue weighted by Crippen LogP contribution is 2.41. The van der Waals surface area contributed by atoms with Gasteiger partial charge in [-0.25, -0.2) is 0 Å². The molecule has 1 aromatic carbocycles. The maximum absolute atomic E-state index is 12.9. The van der Waals surface area contributed by atoms with Crippen LogP contribution in [0.1, 0.15) is 43.1 Å². The van der Waals surface area contributed by atoms with Crippen molar-refractivity contribution in [1.29, 1.82) is 0 Å². The fraction of sp³-hybridized carbons (Fsp3) is 0.308. The van der Waals surface area contributed by atoms with Crippen molar-refractivity contribution in [3.8, 4) is 16.9 Å². The van der Waals surface area contributed by atoms with Gasteiger partial charge in [0.1, 0.15) is 0 Å². The van der Waals surface area contributed by atoms with Gasteiger partial charge in [0.25, 0.3) is 5.56 Å². The molecule has 5 heteroatoms. The monoisotopic (exact) mass is 412 g/mol. The third-order valence-corrected chi connectivity index (χ3v) is 6.78. The first-order valence-electron chi connectivity index (χ1n) is 10.6. The SMILES string of the molecule is C.Cc1ccc(-c2ccn(-c3ccc4c5c(n(C)c4c3)CC3CCC5N3)c(=O)c2)nc1. The molecule has 5 nitrogen and oxygen atoms in total. The van der Waals surface area contributed by atoms with E-state index in [9.17, 15) is 4.79 Å². The standard InChI is InChI=1S/C25H24N4O.CH4/c1-15-3-7-20(26-14-15)16-9-10-29(24(30)11-16)18-5-6-19-22(13-18)28(2)23-12-17-4-8-21(27-17)25(19)23;/h3,5-7,9-11,13-14,17,21,27H,4,8,12H2,1-2H3;1H4. The van der Waals surface area contributed by atoms with Crippen LogP contribution < -0.4 is 10.9 Å². The molecule has 2 aliphatic heterocycles. The lowest BCUT2D eigenvalue weighted by Crippen LogP contribution is -2.32. The summed E-state index contributed by atoms with van der Waals surface area (Å²) in [5.74, 6) is 0. The number of fused-ring (bicyclic) bond motifs is 6. The molecule has 5 heterocycles. The van der Waals surface area contributed by atoms with Gasteiger partial charge in [0.2, 0.25) is 0 Å². The number of aryl methyl sites for hydroxylation is 2. The molecule has 0 amide bonds. The smallest absolute Gasteiger partial charge is 0.255 e. The molecule has 4 aromatic rings. The Bertz CT molecular complexity index is 1350. The van der Waals surface area contributed by atoms with E-state index in [1.54, 1.807) is 10.6 Å². The lowest BCUT2D eigenvalue weighted by molar-refractivity contribution is 0.504. The Morgan fingerprint density at radius 2 is 1.97 bits per heavy atom. The van der Waals surface area contributed by atoms with Gasteiger partial charge in [0, 0.05) is 60.7 Å². The minimum Gasteiger partial charge on any atom is -0.347 e. The van der Waals surface area contributed by atoms with Gasteiger partial charge in [-0.05, 0) is 55.2 Å². The van der Waals surface area contributed by atoms with Crippen molar-refractivity contribution in [3.05, 3.63) is 82.0 Å². The van der Waals surface area contributed by atoms with Gasteiger partial charge in [-0.15, -0.1) is 0 Å². The van der Waals surface area contributed by atoms with Crippen LogP contribution in [0.5, 0.6) is 0 Å². The van der Waals surface area contributed by atoms with Crippen molar-refractivity contribution in [3.63, 3.8) is 0 Å². The molecular formula is C26H28N4O. The fourth-order valence-electron chi connectivity index (χ4n) is 5.22. The number of benzene rings is 1. The summed E-state index contributed by atoms with van der Waals surface area (Å²) in [6, 6.07) is 15.1. The molecule has 2 unspecified atom stereocenters. The van der Waals surface area contributed by atoms with Gasteiger partial charge < -0.3 is 9.88 Å². The summed E-state index contributed by atoms with van der Waals surface area (Å²) in [4.78, 5) is 17.4. The van der Waals surface area contributed by atoms with Gasteiger partial charge in [-0.2, -0.15) is 0 Å². The number of nitrogens with one attached hydrogen (secondary N) is 1. The molecule has 3 aromatic heterocycles. The number of nitrogens with zero attached hydrogens (tertiary/aromatic N) is 3.